The van der Waals surface area contributed by atoms with Crippen molar-refractivity contribution in [2.75, 3.05) is 6.61 Å². The van der Waals surface area contributed by atoms with Crippen LogP contribution in [0.3, 0.4) is 0 Å². The zero-order valence-corrected chi connectivity index (χ0v) is 18.7. The highest BCUT2D eigenvalue weighted by molar-refractivity contribution is 5.81. The van der Waals surface area contributed by atoms with E-state index in [4.69, 9.17) is 14.2 Å². The molecule has 0 aromatic heterocycles. The summed E-state index contributed by atoms with van der Waals surface area (Å²) in [6, 6.07) is 9.01. The smallest absolute Gasteiger partial charge is 0.408 e. The van der Waals surface area contributed by atoms with E-state index in [1.807, 2.05) is 37.3 Å². The first-order valence-corrected chi connectivity index (χ1v) is 10.5. The Bertz CT molecular complexity index is 611. The molecule has 0 saturated heterocycles. The second kappa shape index (κ2) is 12.5. The van der Waals surface area contributed by atoms with Crippen LogP contribution in [0.4, 0.5) is 4.79 Å². The second-order valence-electron chi connectivity index (χ2n) is 8.32. The lowest BCUT2D eigenvalue weighted by atomic mass is 10.0. The number of unbranched alkanes of at least 4 members (excludes halogenated alkanes) is 2. The highest BCUT2D eigenvalue weighted by Gasteiger charge is 2.27. The minimum absolute atomic E-state index is 0.260. The number of esters is 1. The number of hydrogen-bond acceptors (Lipinski definition) is 5. The average molecular weight is 408 g/mol. The van der Waals surface area contributed by atoms with Gasteiger partial charge in [0.05, 0.1) is 6.10 Å². The van der Waals surface area contributed by atoms with E-state index in [0.717, 1.165) is 24.8 Å². The fourth-order valence-corrected chi connectivity index (χ4v) is 2.67. The maximum atomic E-state index is 12.6. The molecule has 1 N–H and O–H groups in total. The Morgan fingerprint density at radius 3 is 2.31 bits per heavy atom. The Balaban J connectivity index is 2.70. The van der Waals surface area contributed by atoms with Gasteiger partial charge in [-0.2, -0.15) is 0 Å². The number of nitrogens with one attached hydrogen (secondary N) is 1. The summed E-state index contributed by atoms with van der Waals surface area (Å²) in [7, 11) is 0. The molecule has 0 heterocycles. The summed E-state index contributed by atoms with van der Waals surface area (Å²) < 4.78 is 16.8. The molecule has 6 nitrogen and oxygen atoms in total. The van der Waals surface area contributed by atoms with E-state index in [9.17, 15) is 9.59 Å². The van der Waals surface area contributed by atoms with Crippen LogP contribution in [0.5, 0.6) is 0 Å². The standard InChI is InChI=1S/C23H37NO5/c1-7-8-12-15-27-18(3)20(16-19-13-10-9-11-14-19)28-21(25)17(2)24-22(26)29-23(4,5)6/h9-11,13-14,17-18,20H,7-8,12,15-16H2,1-6H3,(H,24,26)/t17-,18-,20+/m0/s1. The van der Waals surface area contributed by atoms with E-state index in [1.165, 1.54) is 0 Å². The summed E-state index contributed by atoms with van der Waals surface area (Å²) in [4.78, 5) is 24.5. The number of ether oxygens (including phenoxy) is 3. The fraction of sp³-hybridized carbons (Fsp3) is 0.652. The van der Waals surface area contributed by atoms with Crippen LogP contribution in [0.15, 0.2) is 30.3 Å². The molecule has 0 saturated carbocycles. The maximum Gasteiger partial charge on any atom is 0.408 e. The topological polar surface area (TPSA) is 73.9 Å². The van der Waals surface area contributed by atoms with Gasteiger partial charge in [-0.05, 0) is 46.6 Å². The van der Waals surface area contributed by atoms with E-state index in [2.05, 4.69) is 12.2 Å². The Hall–Kier alpha value is -2.08. The van der Waals surface area contributed by atoms with Crippen LogP contribution in [-0.4, -0.2) is 42.5 Å². The number of carbonyl (C=O) groups is 2. The molecule has 0 aliphatic heterocycles. The highest BCUT2D eigenvalue weighted by atomic mass is 16.6. The van der Waals surface area contributed by atoms with Crippen LogP contribution in [0, 0.1) is 0 Å². The van der Waals surface area contributed by atoms with Gasteiger partial charge >= 0.3 is 12.1 Å². The molecule has 1 aromatic carbocycles. The normalized spacial score (nSPS) is 14.6. The molecule has 0 unspecified atom stereocenters. The Morgan fingerprint density at radius 2 is 1.72 bits per heavy atom. The van der Waals surface area contributed by atoms with Crippen molar-refractivity contribution in [1.82, 2.24) is 5.32 Å². The molecule has 1 aromatic rings. The summed E-state index contributed by atoms with van der Waals surface area (Å²) in [6.07, 6.45) is 2.38. The van der Waals surface area contributed by atoms with Gasteiger partial charge in [0.1, 0.15) is 17.7 Å². The molecule has 1 rings (SSSR count). The Morgan fingerprint density at radius 1 is 1.07 bits per heavy atom. The SMILES string of the molecule is CCCCCO[C@@H](C)[C@@H](Cc1ccccc1)OC(=O)[C@H](C)NC(=O)OC(C)(C)C. The molecule has 0 bridgehead atoms. The zero-order valence-electron chi connectivity index (χ0n) is 18.7. The van der Waals surface area contributed by atoms with Crippen molar-refractivity contribution in [2.24, 2.45) is 0 Å². The van der Waals surface area contributed by atoms with Gasteiger partial charge in [-0.1, -0.05) is 50.1 Å². The van der Waals surface area contributed by atoms with Gasteiger partial charge in [-0.3, -0.25) is 0 Å². The summed E-state index contributed by atoms with van der Waals surface area (Å²) in [5.41, 5.74) is 0.423. The van der Waals surface area contributed by atoms with E-state index < -0.39 is 29.8 Å². The number of carbonyl (C=O) groups excluding carboxylic acids is 2. The predicted molar refractivity (Wildman–Crippen MR) is 114 cm³/mol. The third-order valence-electron chi connectivity index (χ3n) is 4.29. The van der Waals surface area contributed by atoms with Crippen LogP contribution in [0.2, 0.25) is 0 Å². The molecular formula is C23H37NO5. The van der Waals surface area contributed by atoms with E-state index in [0.29, 0.717) is 13.0 Å². The lowest BCUT2D eigenvalue weighted by Gasteiger charge is -2.27. The van der Waals surface area contributed by atoms with Gasteiger partial charge in [-0.25, -0.2) is 9.59 Å². The Kier molecular flexibility index (Phi) is 10.7. The molecule has 3 atom stereocenters. The third-order valence-corrected chi connectivity index (χ3v) is 4.29. The molecule has 0 fully saturated rings. The van der Waals surface area contributed by atoms with Crippen molar-refractivity contribution in [3.05, 3.63) is 35.9 Å². The van der Waals surface area contributed by atoms with Crippen molar-refractivity contribution in [1.29, 1.82) is 0 Å². The summed E-state index contributed by atoms with van der Waals surface area (Å²) >= 11 is 0. The van der Waals surface area contributed by atoms with Crippen LogP contribution in [0.1, 0.15) is 66.4 Å². The van der Waals surface area contributed by atoms with Crippen LogP contribution >= 0.6 is 0 Å². The minimum Gasteiger partial charge on any atom is -0.458 e. The first-order chi connectivity index (χ1) is 13.6. The molecular weight excluding hydrogens is 370 g/mol. The van der Waals surface area contributed by atoms with E-state index >= 15 is 0 Å². The zero-order chi connectivity index (χ0) is 21.9. The monoisotopic (exact) mass is 407 g/mol. The number of rotatable bonds is 11. The average Bonchev–Trinajstić information content (AvgIpc) is 2.63. The van der Waals surface area contributed by atoms with Crippen molar-refractivity contribution in [3.63, 3.8) is 0 Å². The molecule has 6 heteroatoms. The molecule has 0 aliphatic rings. The first-order valence-electron chi connectivity index (χ1n) is 10.5. The minimum atomic E-state index is -0.824. The summed E-state index contributed by atoms with van der Waals surface area (Å²) in [5, 5.41) is 2.53. The van der Waals surface area contributed by atoms with Crippen molar-refractivity contribution < 1.29 is 23.8 Å². The van der Waals surface area contributed by atoms with Gasteiger partial charge in [0.15, 0.2) is 0 Å². The quantitative estimate of drug-likeness (QED) is 0.427. The largest absolute Gasteiger partial charge is 0.458 e. The maximum absolute atomic E-state index is 12.6. The molecule has 0 spiro atoms. The lowest BCUT2D eigenvalue weighted by Crippen LogP contribution is -2.45. The lowest BCUT2D eigenvalue weighted by molar-refractivity contribution is -0.158. The molecule has 1 amide bonds. The predicted octanol–water partition coefficient (Wildman–Crippen LogP) is 4.65. The number of amides is 1. The second-order valence-corrected chi connectivity index (χ2v) is 8.32. The van der Waals surface area contributed by atoms with Gasteiger partial charge in [-0.15, -0.1) is 0 Å². The summed E-state index contributed by atoms with van der Waals surface area (Å²) in [6.45, 7) is 11.6. The van der Waals surface area contributed by atoms with Gasteiger partial charge in [0.2, 0.25) is 0 Å². The van der Waals surface area contributed by atoms with Gasteiger partial charge < -0.3 is 19.5 Å². The van der Waals surface area contributed by atoms with Gasteiger partial charge in [0.25, 0.3) is 0 Å². The van der Waals surface area contributed by atoms with E-state index in [-0.39, 0.29) is 6.10 Å². The van der Waals surface area contributed by atoms with Gasteiger partial charge in [0, 0.05) is 13.0 Å². The van der Waals surface area contributed by atoms with Crippen LogP contribution in [-0.2, 0) is 25.4 Å². The molecule has 0 aliphatic carbocycles. The van der Waals surface area contributed by atoms with Crippen molar-refractivity contribution in [2.45, 2.75) is 91.1 Å². The molecule has 164 valence electrons. The van der Waals surface area contributed by atoms with Crippen LogP contribution in [0.25, 0.3) is 0 Å². The number of alkyl carbamates (subject to hydrolysis) is 1. The molecule has 0 radical (unpaired) electrons. The number of benzene rings is 1. The number of hydrogen-bond donors (Lipinski definition) is 1. The van der Waals surface area contributed by atoms with E-state index in [1.54, 1.807) is 27.7 Å². The Labute approximate surface area is 175 Å². The fourth-order valence-electron chi connectivity index (χ4n) is 2.67. The van der Waals surface area contributed by atoms with Crippen molar-refractivity contribution in [3.8, 4) is 0 Å². The third kappa shape index (κ3) is 10.9. The van der Waals surface area contributed by atoms with Crippen molar-refractivity contribution >= 4 is 12.1 Å². The summed E-state index contributed by atoms with van der Waals surface area (Å²) in [5.74, 6) is -0.513. The van der Waals surface area contributed by atoms with Crippen LogP contribution < -0.4 is 5.32 Å². The molecule has 29 heavy (non-hydrogen) atoms. The first kappa shape index (κ1) is 25.0. The highest BCUT2D eigenvalue weighted by Crippen LogP contribution is 2.14.